The van der Waals surface area contributed by atoms with Crippen LogP contribution in [0.3, 0.4) is 0 Å². The van der Waals surface area contributed by atoms with Crippen LogP contribution in [-0.4, -0.2) is 28.2 Å². The smallest absolute Gasteiger partial charge is 0.160 e. The van der Waals surface area contributed by atoms with E-state index in [-0.39, 0.29) is 17.6 Å². The molecule has 17 heavy (non-hydrogen) atoms. The molecule has 0 saturated heterocycles. The first-order valence-corrected chi connectivity index (χ1v) is 6.39. The first-order valence-electron chi connectivity index (χ1n) is 6.39. The van der Waals surface area contributed by atoms with Crippen LogP contribution in [0.25, 0.3) is 0 Å². The van der Waals surface area contributed by atoms with Crippen molar-refractivity contribution in [1.29, 1.82) is 0 Å². The molecular formula is C14H26O3. The van der Waals surface area contributed by atoms with Gasteiger partial charge in [0.2, 0.25) is 0 Å². The molecule has 0 aromatic heterocycles. The van der Waals surface area contributed by atoms with Gasteiger partial charge in [-0.3, -0.25) is 4.79 Å². The van der Waals surface area contributed by atoms with Crippen molar-refractivity contribution in [2.75, 3.05) is 0 Å². The summed E-state index contributed by atoms with van der Waals surface area (Å²) in [6.07, 6.45) is 2.98. The lowest BCUT2D eigenvalue weighted by atomic mass is 9.90. The Balaban J connectivity index is 4.47. The van der Waals surface area contributed by atoms with Crippen LogP contribution in [-0.2, 0) is 4.79 Å². The van der Waals surface area contributed by atoms with E-state index < -0.39 is 18.1 Å². The molecule has 0 aromatic carbocycles. The monoisotopic (exact) mass is 242 g/mol. The van der Waals surface area contributed by atoms with E-state index in [1.165, 1.54) is 6.08 Å². The number of carbonyl (C=O) groups is 1. The Morgan fingerprint density at radius 3 is 2.06 bits per heavy atom. The molecule has 0 fully saturated rings. The van der Waals surface area contributed by atoms with Crippen LogP contribution < -0.4 is 0 Å². The van der Waals surface area contributed by atoms with Gasteiger partial charge in [-0.15, -0.1) is 0 Å². The van der Waals surface area contributed by atoms with Gasteiger partial charge in [0.25, 0.3) is 0 Å². The summed E-state index contributed by atoms with van der Waals surface area (Å²) in [5, 5.41) is 19.2. The van der Waals surface area contributed by atoms with Crippen LogP contribution >= 0.6 is 0 Å². The molecule has 100 valence electrons. The van der Waals surface area contributed by atoms with Crippen molar-refractivity contribution in [2.45, 2.75) is 53.2 Å². The van der Waals surface area contributed by atoms with Gasteiger partial charge >= 0.3 is 0 Å². The fourth-order valence-electron chi connectivity index (χ4n) is 1.75. The van der Waals surface area contributed by atoms with Gasteiger partial charge in [-0.25, -0.2) is 0 Å². The highest BCUT2D eigenvalue weighted by atomic mass is 16.3. The summed E-state index contributed by atoms with van der Waals surface area (Å²) in [7, 11) is 0. The Morgan fingerprint density at radius 1 is 1.18 bits per heavy atom. The van der Waals surface area contributed by atoms with Gasteiger partial charge in [0.15, 0.2) is 5.78 Å². The maximum absolute atomic E-state index is 11.8. The molecule has 0 spiro atoms. The number of aliphatic hydroxyl groups excluding tert-OH is 2. The highest BCUT2D eigenvalue weighted by Crippen LogP contribution is 2.15. The fourth-order valence-corrected chi connectivity index (χ4v) is 1.75. The summed E-state index contributed by atoms with van der Waals surface area (Å²) in [4.78, 5) is 11.8. The maximum atomic E-state index is 11.8. The molecule has 0 aliphatic rings. The van der Waals surface area contributed by atoms with E-state index >= 15 is 0 Å². The Bertz CT molecular complexity index is 256. The van der Waals surface area contributed by atoms with E-state index in [2.05, 4.69) is 0 Å². The molecule has 3 nitrogen and oxygen atoms in total. The van der Waals surface area contributed by atoms with E-state index in [1.54, 1.807) is 19.9 Å². The molecule has 3 heteroatoms. The van der Waals surface area contributed by atoms with E-state index in [0.717, 1.165) is 6.42 Å². The van der Waals surface area contributed by atoms with Gasteiger partial charge in [0.05, 0.1) is 12.2 Å². The molecule has 0 saturated carbocycles. The first-order chi connectivity index (χ1) is 7.81. The van der Waals surface area contributed by atoms with Gasteiger partial charge in [-0.1, -0.05) is 33.8 Å². The second-order valence-electron chi connectivity index (χ2n) is 5.10. The molecule has 0 aliphatic heterocycles. The molecule has 0 unspecified atom stereocenters. The average Bonchev–Trinajstić information content (AvgIpc) is 2.26. The van der Waals surface area contributed by atoms with Crippen LogP contribution in [0.4, 0.5) is 0 Å². The van der Waals surface area contributed by atoms with Crippen molar-refractivity contribution < 1.29 is 15.0 Å². The van der Waals surface area contributed by atoms with E-state index in [0.29, 0.717) is 0 Å². The second kappa shape index (κ2) is 7.62. The highest BCUT2D eigenvalue weighted by Gasteiger charge is 2.23. The van der Waals surface area contributed by atoms with Crippen LogP contribution in [0.5, 0.6) is 0 Å². The lowest BCUT2D eigenvalue weighted by molar-refractivity contribution is -0.121. The zero-order valence-electron chi connectivity index (χ0n) is 11.6. The predicted molar refractivity (Wildman–Crippen MR) is 69.6 cm³/mol. The zero-order valence-corrected chi connectivity index (χ0v) is 11.6. The third kappa shape index (κ3) is 5.46. The molecule has 0 heterocycles. The summed E-state index contributed by atoms with van der Waals surface area (Å²) in [5.74, 6) is -0.397. The molecule has 0 radical (unpaired) electrons. The van der Waals surface area contributed by atoms with Crippen LogP contribution in [0.2, 0.25) is 0 Å². The standard InChI is InChI=1S/C14H26O3/c1-6-12(11(5)15)7-8-13(16)10(4)14(17)9(2)3/h7-12,14-15,17H,6H2,1-5H3/t10-,11-,12+,14-/m1/s1. The Morgan fingerprint density at radius 2 is 1.71 bits per heavy atom. The first kappa shape index (κ1) is 16.3. The lowest BCUT2D eigenvalue weighted by Gasteiger charge is -2.20. The Hall–Kier alpha value is -0.670. The predicted octanol–water partition coefficient (Wildman–Crippen LogP) is 2.17. The minimum atomic E-state index is -0.612. The number of ketones is 1. The van der Waals surface area contributed by atoms with E-state index in [1.807, 2.05) is 20.8 Å². The summed E-state index contributed by atoms with van der Waals surface area (Å²) < 4.78 is 0. The lowest BCUT2D eigenvalue weighted by Crippen LogP contribution is -2.29. The van der Waals surface area contributed by atoms with Gasteiger partial charge in [-0.05, 0) is 25.3 Å². The molecule has 0 rings (SSSR count). The number of allylic oxidation sites excluding steroid dienone is 1. The van der Waals surface area contributed by atoms with E-state index in [4.69, 9.17) is 0 Å². The summed E-state index contributed by atoms with van der Waals surface area (Å²) in [5.41, 5.74) is 0. The third-order valence-electron chi connectivity index (χ3n) is 3.24. The van der Waals surface area contributed by atoms with Gasteiger partial charge in [0.1, 0.15) is 0 Å². The topological polar surface area (TPSA) is 57.5 Å². The van der Waals surface area contributed by atoms with Gasteiger partial charge < -0.3 is 10.2 Å². The minimum Gasteiger partial charge on any atom is -0.393 e. The van der Waals surface area contributed by atoms with Crippen LogP contribution in [0.15, 0.2) is 12.2 Å². The van der Waals surface area contributed by atoms with Crippen molar-refractivity contribution >= 4 is 5.78 Å². The molecule has 0 aromatic rings. The number of carbonyl (C=O) groups excluding carboxylic acids is 1. The number of rotatable bonds is 7. The summed E-state index contributed by atoms with van der Waals surface area (Å²) >= 11 is 0. The average molecular weight is 242 g/mol. The van der Waals surface area contributed by atoms with Crippen molar-refractivity contribution in [1.82, 2.24) is 0 Å². The van der Waals surface area contributed by atoms with Crippen molar-refractivity contribution in [2.24, 2.45) is 17.8 Å². The Kier molecular flexibility index (Phi) is 7.32. The molecule has 2 N–H and O–H groups in total. The second-order valence-corrected chi connectivity index (χ2v) is 5.10. The fraction of sp³-hybridized carbons (Fsp3) is 0.786. The quantitative estimate of drug-likeness (QED) is 0.673. The molecule has 0 amide bonds. The SMILES string of the molecule is CC[C@@H](C=CC(=O)[C@@H](C)[C@H](O)C(C)C)[C@@H](C)O. The molecule has 0 aliphatic carbocycles. The molecular weight excluding hydrogens is 216 g/mol. The largest absolute Gasteiger partial charge is 0.393 e. The highest BCUT2D eigenvalue weighted by molar-refractivity contribution is 5.91. The van der Waals surface area contributed by atoms with Crippen molar-refractivity contribution in [3.8, 4) is 0 Å². The zero-order chi connectivity index (χ0) is 13.6. The molecule has 0 bridgehead atoms. The van der Waals surface area contributed by atoms with E-state index in [9.17, 15) is 15.0 Å². The molecule has 4 atom stereocenters. The number of aliphatic hydroxyl groups is 2. The summed E-state index contributed by atoms with van der Waals surface area (Å²) in [6.45, 7) is 9.21. The van der Waals surface area contributed by atoms with Crippen LogP contribution in [0, 0.1) is 17.8 Å². The third-order valence-corrected chi connectivity index (χ3v) is 3.24. The number of hydrogen-bond acceptors (Lipinski definition) is 3. The summed E-state index contributed by atoms with van der Waals surface area (Å²) in [6, 6.07) is 0. The van der Waals surface area contributed by atoms with Gasteiger partial charge in [0, 0.05) is 11.8 Å². The normalized spacial score (nSPS) is 19.3. The maximum Gasteiger partial charge on any atom is 0.160 e. The van der Waals surface area contributed by atoms with Crippen molar-refractivity contribution in [3.05, 3.63) is 12.2 Å². The van der Waals surface area contributed by atoms with Crippen LogP contribution in [0.1, 0.15) is 41.0 Å². The number of hydrogen-bond donors (Lipinski definition) is 2. The Labute approximate surface area is 105 Å². The minimum absolute atomic E-state index is 0.00217. The van der Waals surface area contributed by atoms with Gasteiger partial charge in [-0.2, -0.15) is 0 Å². The van der Waals surface area contributed by atoms with Crippen molar-refractivity contribution in [3.63, 3.8) is 0 Å².